The van der Waals surface area contributed by atoms with Gasteiger partial charge < -0.3 is 9.84 Å². The average Bonchev–Trinajstić information content (AvgIpc) is 2.75. The van der Waals surface area contributed by atoms with Crippen molar-refractivity contribution in [3.63, 3.8) is 0 Å². The molecule has 174 valence electrons. The van der Waals surface area contributed by atoms with E-state index < -0.39 is 23.5 Å². The highest BCUT2D eigenvalue weighted by molar-refractivity contribution is 5.27. The van der Waals surface area contributed by atoms with Crippen molar-refractivity contribution in [1.82, 2.24) is 4.90 Å². The Hall–Kier alpha value is -1.89. The second-order valence-corrected chi connectivity index (χ2v) is 9.95. The number of alkyl halides is 3. The Balaban J connectivity index is 1.84. The number of rotatable bonds is 4. The van der Waals surface area contributed by atoms with Crippen molar-refractivity contribution in [1.29, 1.82) is 0 Å². The van der Waals surface area contributed by atoms with Gasteiger partial charge in [-0.2, -0.15) is 13.2 Å². The maximum atomic E-state index is 14.7. The van der Waals surface area contributed by atoms with E-state index in [2.05, 4.69) is 6.92 Å². The van der Waals surface area contributed by atoms with Gasteiger partial charge in [0.05, 0.1) is 6.10 Å². The summed E-state index contributed by atoms with van der Waals surface area (Å²) in [6.45, 7) is 6.37. The Bertz CT molecular complexity index is 902. The number of halogens is 3. The maximum absolute atomic E-state index is 14.7. The number of hydrogen-bond donors (Lipinski definition) is 1. The number of fused-ring (bicyclic) bond motifs is 1. The molecule has 1 N–H and O–H groups in total. The van der Waals surface area contributed by atoms with Crippen LogP contribution in [0.3, 0.4) is 0 Å². The SMILES string of the molecule is C[C@@H]1CC[C@@H]2[C@@H](C1)O[C@@H]([C@@](O)(c1ccccc1)C(F)(F)F)N(Cc1ccccc1)C2(C)C. The van der Waals surface area contributed by atoms with Crippen molar-refractivity contribution in [2.45, 2.75) is 76.2 Å². The first-order valence-electron chi connectivity index (χ1n) is 11.4. The Morgan fingerprint density at radius 1 is 1.00 bits per heavy atom. The molecule has 2 aromatic carbocycles. The van der Waals surface area contributed by atoms with E-state index in [1.165, 1.54) is 24.3 Å². The summed E-state index contributed by atoms with van der Waals surface area (Å²) in [5, 5.41) is 11.5. The summed E-state index contributed by atoms with van der Waals surface area (Å²) in [4.78, 5) is 1.74. The lowest BCUT2D eigenvalue weighted by molar-refractivity contribution is -0.366. The van der Waals surface area contributed by atoms with Crippen LogP contribution in [0, 0.1) is 11.8 Å². The number of ether oxygens (including phenoxy) is 1. The molecule has 0 spiro atoms. The molecule has 0 amide bonds. The molecule has 1 saturated carbocycles. The standard InChI is InChI=1S/C26H32F3NO2/c1-18-14-15-21-22(16-18)32-23(25(31,26(27,28)29)20-12-8-5-9-13-20)30(24(21,2)3)17-19-10-6-4-7-11-19/h4-13,18,21-23,31H,14-17H2,1-3H3/t18-,21-,22-,23+,25+/m1/s1. The van der Waals surface area contributed by atoms with Crippen molar-refractivity contribution < 1.29 is 23.0 Å². The minimum atomic E-state index is -4.92. The number of benzene rings is 2. The topological polar surface area (TPSA) is 32.7 Å². The van der Waals surface area contributed by atoms with Crippen LogP contribution < -0.4 is 0 Å². The molecule has 32 heavy (non-hydrogen) atoms. The van der Waals surface area contributed by atoms with Crippen LogP contribution in [-0.4, -0.2) is 34.1 Å². The Morgan fingerprint density at radius 2 is 1.59 bits per heavy atom. The van der Waals surface area contributed by atoms with Crippen LogP contribution in [-0.2, 0) is 16.9 Å². The highest BCUT2D eigenvalue weighted by Crippen LogP contribution is 2.52. The summed E-state index contributed by atoms with van der Waals surface area (Å²) in [5.74, 6) is 0.469. The molecule has 0 radical (unpaired) electrons. The third kappa shape index (κ3) is 3.97. The van der Waals surface area contributed by atoms with Gasteiger partial charge in [0.15, 0.2) is 6.23 Å². The lowest BCUT2D eigenvalue weighted by Gasteiger charge is -2.60. The largest absolute Gasteiger partial charge is 0.425 e. The molecule has 5 atom stereocenters. The third-order valence-corrected chi connectivity index (χ3v) is 7.49. The predicted octanol–water partition coefficient (Wildman–Crippen LogP) is 5.88. The normalized spacial score (nSPS) is 30.3. The lowest BCUT2D eigenvalue weighted by atomic mass is 9.68. The Kier molecular flexibility index (Phi) is 6.16. The molecule has 2 fully saturated rings. The van der Waals surface area contributed by atoms with E-state index in [1.807, 2.05) is 44.2 Å². The summed E-state index contributed by atoms with van der Waals surface area (Å²) in [6, 6.07) is 16.8. The number of aliphatic hydroxyl groups is 1. The monoisotopic (exact) mass is 447 g/mol. The van der Waals surface area contributed by atoms with Crippen LogP contribution in [0.25, 0.3) is 0 Å². The fraction of sp³-hybridized carbons (Fsp3) is 0.538. The zero-order valence-electron chi connectivity index (χ0n) is 18.8. The average molecular weight is 448 g/mol. The fourth-order valence-electron chi connectivity index (χ4n) is 5.57. The highest BCUT2D eigenvalue weighted by Gasteiger charge is 2.66. The van der Waals surface area contributed by atoms with Gasteiger partial charge in [0.25, 0.3) is 0 Å². The van der Waals surface area contributed by atoms with E-state index in [-0.39, 0.29) is 24.1 Å². The van der Waals surface area contributed by atoms with E-state index in [0.717, 1.165) is 18.4 Å². The van der Waals surface area contributed by atoms with Gasteiger partial charge in [-0.05, 0) is 43.7 Å². The Labute approximate surface area is 188 Å². The summed E-state index contributed by atoms with van der Waals surface area (Å²) in [6.07, 6.45) is -4.19. The number of nitrogens with zero attached hydrogens (tertiary/aromatic N) is 1. The minimum Gasteiger partial charge on any atom is -0.373 e. The van der Waals surface area contributed by atoms with Gasteiger partial charge in [-0.1, -0.05) is 74.0 Å². The zero-order valence-corrected chi connectivity index (χ0v) is 18.8. The van der Waals surface area contributed by atoms with E-state index in [0.29, 0.717) is 12.3 Å². The molecule has 0 unspecified atom stereocenters. The summed E-state index contributed by atoms with van der Waals surface area (Å²) in [5.41, 5.74) is -3.08. The first-order chi connectivity index (χ1) is 15.0. The van der Waals surface area contributed by atoms with Crippen LogP contribution in [0.5, 0.6) is 0 Å². The van der Waals surface area contributed by atoms with Crippen molar-refractivity contribution in [2.24, 2.45) is 11.8 Å². The second-order valence-electron chi connectivity index (χ2n) is 9.95. The molecule has 2 aliphatic rings. The van der Waals surface area contributed by atoms with Crippen molar-refractivity contribution in [2.75, 3.05) is 0 Å². The third-order valence-electron chi connectivity index (χ3n) is 7.49. The molecule has 2 aromatic rings. The van der Waals surface area contributed by atoms with Crippen LogP contribution in [0.15, 0.2) is 60.7 Å². The van der Waals surface area contributed by atoms with Gasteiger partial charge in [0.2, 0.25) is 5.60 Å². The summed E-state index contributed by atoms with van der Waals surface area (Å²) < 4.78 is 50.3. The molecule has 1 aliphatic heterocycles. The van der Waals surface area contributed by atoms with Gasteiger partial charge in [-0.3, -0.25) is 4.90 Å². The van der Waals surface area contributed by atoms with Gasteiger partial charge in [-0.25, -0.2) is 0 Å². The van der Waals surface area contributed by atoms with Crippen LogP contribution in [0.2, 0.25) is 0 Å². The van der Waals surface area contributed by atoms with Crippen LogP contribution in [0.1, 0.15) is 51.2 Å². The zero-order chi connectivity index (χ0) is 23.1. The fourth-order valence-corrected chi connectivity index (χ4v) is 5.57. The van der Waals surface area contributed by atoms with Gasteiger partial charge in [-0.15, -0.1) is 0 Å². The first kappa shape index (κ1) is 23.3. The Morgan fingerprint density at radius 3 is 2.19 bits per heavy atom. The van der Waals surface area contributed by atoms with Gasteiger partial charge in [0, 0.05) is 18.0 Å². The minimum absolute atomic E-state index is 0.0897. The highest BCUT2D eigenvalue weighted by atomic mass is 19.4. The quantitative estimate of drug-likeness (QED) is 0.636. The molecule has 1 heterocycles. The first-order valence-corrected chi connectivity index (χ1v) is 11.4. The predicted molar refractivity (Wildman–Crippen MR) is 118 cm³/mol. The van der Waals surface area contributed by atoms with Crippen LogP contribution >= 0.6 is 0 Å². The van der Waals surface area contributed by atoms with E-state index in [1.54, 1.807) is 11.0 Å². The molecule has 1 saturated heterocycles. The molecular formula is C26H32F3NO2. The van der Waals surface area contributed by atoms with Crippen molar-refractivity contribution in [3.05, 3.63) is 71.8 Å². The molecule has 6 heteroatoms. The van der Waals surface area contributed by atoms with E-state index in [4.69, 9.17) is 4.74 Å². The lowest BCUT2D eigenvalue weighted by Crippen LogP contribution is -2.71. The molecule has 3 nitrogen and oxygen atoms in total. The smallest absolute Gasteiger partial charge is 0.373 e. The maximum Gasteiger partial charge on any atom is 0.425 e. The summed E-state index contributed by atoms with van der Waals surface area (Å²) >= 11 is 0. The molecule has 0 bridgehead atoms. The molecule has 0 aromatic heterocycles. The van der Waals surface area contributed by atoms with Crippen molar-refractivity contribution >= 4 is 0 Å². The summed E-state index contributed by atoms with van der Waals surface area (Å²) in [7, 11) is 0. The van der Waals surface area contributed by atoms with E-state index in [9.17, 15) is 18.3 Å². The number of hydrogen-bond acceptors (Lipinski definition) is 3. The van der Waals surface area contributed by atoms with Crippen LogP contribution in [0.4, 0.5) is 13.2 Å². The second kappa shape index (κ2) is 8.47. The molecular weight excluding hydrogens is 415 g/mol. The molecule has 4 rings (SSSR count). The van der Waals surface area contributed by atoms with Gasteiger partial charge in [0.1, 0.15) is 0 Å². The van der Waals surface area contributed by atoms with Gasteiger partial charge >= 0.3 is 6.18 Å². The van der Waals surface area contributed by atoms with E-state index >= 15 is 0 Å². The molecule has 1 aliphatic carbocycles. The van der Waals surface area contributed by atoms with Crippen molar-refractivity contribution in [3.8, 4) is 0 Å².